The predicted molar refractivity (Wildman–Crippen MR) is 146 cm³/mol. The van der Waals surface area contributed by atoms with E-state index in [1.807, 2.05) is 24.3 Å². The van der Waals surface area contributed by atoms with Gasteiger partial charge in [0.15, 0.2) is 0 Å². The number of hydrogen-bond donors (Lipinski definition) is 1. The molecule has 2 aromatic rings. The molecule has 1 N–H and O–H groups in total. The number of fused-ring (bicyclic) bond motifs is 1. The smallest absolute Gasteiger partial charge is 0.316 e. The van der Waals surface area contributed by atoms with Crippen LogP contribution < -0.4 is 5.32 Å². The van der Waals surface area contributed by atoms with Crippen LogP contribution in [0.1, 0.15) is 84.7 Å². The predicted octanol–water partition coefficient (Wildman–Crippen LogP) is 4.81. The summed E-state index contributed by atoms with van der Waals surface area (Å²) in [7, 11) is 1.48. The summed E-state index contributed by atoms with van der Waals surface area (Å²) in [5.74, 6) is 2.74. The number of imide groups is 1. The van der Waals surface area contributed by atoms with Gasteiger partial charge < -0.3 is 14.1 Å². The molecule has 40 heavy (non-hydrogen) atoms. The zero-order valence-electron chi connectivity index (χ0n) is 22.6. The van der Waals surface area contributed by atoms with Gasteiger partial charge in [-0.2, -0.15) is 0 Å². The number of nitrogens with one attached hydrogen (secondary N) is 1. The fraction of sp³-hybridized carbons (Fsp3) is 0.548. The highest BCUT2D eigenvalue weighted by Gasteiger charge is 2.57. The van der Waals surface area contributed by atoms with E-state index in [-0.39, 0.29) is 35.5 Å². The molecule has 0 radical (unpaired) electrons. The third-order valence-electron chi connectivity index (χ3n) is 10.0. The van der Waals surface area contributed by atoms with Crippen molar-refractivity contribution in [2.24, 2.45) is 23.2 Å². The highest BCUT2D eigenvalue weighted by Crippen LogP contribution is 2.65. The minimum atomic E-state index is -0.636. The summed E-state index contributed by atoms with van der Waals surface area (Å²) in [4.78, 5) is 52.9. The zero-order valence-corrected chi connectivity index (χ0v) is 23.5. The Morgan fingerprint density at radius 1 is 1.10 bits per heavy atom. The number of rotatable bonds is 7. The van der Waals surface area contributed by atoms with Crippen LogP contribution in [0.3, 0.4) is 0 Å². The van der Waals surface area contributed by atoms with Crippen molar-refractivity contribution in [2.45, 2.75) is 80.5 Å². The third kappa shape index (κ3) is 4.28. The lowest BCUT2D eigenvalue weighted by molar-refractivity contribution is -0.154. The van der Waals surface area contributed by atoms with Crippen molar-refractivity contribution in [3.8, 4) is 0 Å². The van der Waals surface area contributed by atoms with Crippen LogP contribution in [0.2, 0.25) is 0 Å². The van der Waals surface area contributed by atoms with E-state index in [4.69, 9.17) is 9.15 Å². The molecule has 6 aliphatic rings. The number of benzene rings is 1. The highest BCUT2D eigenvalue weighted by molar-refractivity contribution is 7.98. The van der Waals surface area contributed by atoms with Gasteiger partial charge in [-0.05, 0) is 97.9 Å². The molecule has 1 aromatic heterocycles. The Balaban J connectivity index is 1.08. The van der Waals surface area contributed by atoms with Gasteiger partial charge in [0.25, 0.3) is 5.91 Å². The van der Waals surface area contributed by atoms with E-state index < -0.39 is 11.9 Å². The first-order valence-corrected chi connectivity index (χ1v) is 15.4. The molecule has 8 rings (SSSR count). The number of carbonyl (C=O) groups excluding carboxylic acids is 4. The van der Waals surface area contributed by atoms with Crippen molar-refractivity contribution >= 4 is 35.5 Å². The summed E-state index contributed by atoms with van der Waals surface area (Å²) in [5, 5.41) is 2.36. The van der Waals surface area contributed by atoms with Crippen molar-refractivity contribution in [1.29, 1.82) is 0 Å². The van der Waals surface area contributed by atoms with Gasteiger partial charge in [0.2, 0.25) is 11.8 Å². The summed E-state index contributed by atoms with van der Waals surface area (Å²) in [6, 6.07) is 8.93. The number of carbonyl (C=O) groups is 4. The Bertz CT molecular complexity index is 1360. The Labute approximate surface area is 237 Å². The van der Waals surface area contributed by atoms with Crippen LogP contribution >= 0.6 is 11.8 Å². The number of piperidine rings is 1. The number of furan rings is 1. The Kier molecular flexibility index (Phi) is 6.33. The van der Waals surface area contributed by atoms with Crippen LogP contribution in [-0.2, 0) is 31.4 Å². The molecule has 2 unspecified atom stereocenters. The molecule has 3 heterocycles. The number of thioether (sulfide) groups is 1. The van der Waals surface area contributed by atoms with Crippen molar-refractivity contribution in [2.75, 3.05) is 7.11 Å². The lowest BCUT2D eigenvalue weighted by Crippen LogP contribution is -2.52. The van der Waals surface area contributed by atoms with Crippen LogP contribution in [0.4, 0.5) is 0 Å². The Hall–Kier alpha value is -3.07. The zero-order chi connectivity index (χ0) is 27.6. The molecular weight excluding hydrogens is 528 g/mol. The molecule has 1 saturated heterocycles. The van der Waals surface area contributed by atoms with Gasteiger partial charge in [-0.3, -0.25) is 24.5 Å². The molecular formula is C31H34N2O6S. The summed E-state index contributed by atoms with van der Waals surface area (Å²) >= 11 is 1.59. The topological polar surface area (TPSA) is 106 Å². The number of hydrogen-bond acceptors (Lipinski definition) is 7. The molecule has 4 saturated carbocycles. The summed E-state index contributed by atoms with van der Waals surface area (Å²) in [6.07, 6.45) is 7.72. The molecule has 210 valence electrons. The molecule has 4 bridgehead atoms. The fourth-order valence-corrected chi connectivity index (χ4v) is 9.76. The average molecular weight is 563 g/mol. The molecule has 4 aliphatic carbocycles. The SMILES string of the molecule is COC(=O)C(c1ccc(CSc2cccc3c2CN(C2CCC(=O)NC2=O)C3=O)o1)C12CC3CC(CC(C3)C1)C2. The van der Waals surface area contributed by atoms with Gasteiger partial charge in [0, 0.05) is 23.4 Å². The maximum Gasteiger partial charge on any atom is 0.316 e. The minimum absolute atomic E-state index is 0.0653. The Morgan fingerprint density at radius 3 is 2.50 bits per heavy atom. The minimum Gasteiger partial charge on any atom is -0.468 e. The van der Waals surface area contributed by atoms with E-state index in [1.165, 1.54) is 26.4 Å². The average Bonchev–Trinajstić information content (AvgIpc) is 3.51. The van der Waals surface area contributed by atoms with Gasteiger partial charge in [-0.15, -0.1) is 11.8 Å². The molecule has 1 aromatic carbocycles. The van der Waals surface area contributed by atoms with Gasteiger partial charge in [0.1, 0.15) is 23.5 Å². The molecule has 8 nitrogen and oxygen atoms in total. The van der Waals surface area contributed by atoms with Gasteiger partial charge >= 0.3 is 5.97 Å². The lowest BCUT2D eigenvalue weighted by Gasteiger charge is -2.58. The monoisotopic (exact) mass is 562 g/mol. The van der Waals surface area contributed by atoms with E-state index in [9.17, 15) is 19.2 Å². The quantitative estimate of drug-likeness (QED) is 0.293. The van der Waals surface area contributed by atoms with Crippen LogP contribution in [0.15, 0.2) is 39.6 Å². The number of esters is 1. The van der Waals surface area contributed by atoms with Gasteiger partial charge in [0.05, 0.1) is 12.9 Å². The van der Waals surface area contributed by atoms with Crippen LogP contribution in [-0.4, -0.2) is 41.7 Å². The molecule has 2 aliphatic heterocycles. The van der Waals surface area contributed by atoms with E-state index in [0.29, 0.717) is 47.8 Å². The number of methoxy groups -OCH3 is 1. The number of ether oxygens (including phenoxy) is 1. The summed E-state index contributed by atoms with van der Waals surface area (Å²) in [5.41, 5.74) is 1.43. The number of nitrogens with zero attached hydrogens (tertiary/aromatic N) is 1. The second-order valence-corrected chi connectivity index (χ2v) is 13.5. The molecule has 3 amide bonds. The van der Waals surface area contributed by atoms with Crippen LogP contribution in [0.25, 0.3) is 0 Å². The summed E-state index contributed by atoms with van der Waals surface area (Å²) in [6.45, 7) is 0.337. The second-order valence-electron chi connectivity index (χ2n) is 12.5. The van der Waals surface area contributed by atoms with E-state index in [0.717, 1.165) is 35.5 Å². The fourth-order valence-electron chi connectivity index (χ4n) is 8.79. The third-order valence-corrected chi connectivity index (χ3v) is 11.1. The molecule has 5 fully saturated rings. The second kappa shape index (κ2) is 9.79. The van der Waals surface area contributed by atoms with Crippen LogP contribution in [0, 0.1) is 23.2 Å². The first kappa shape index (κ1) is 25.9. The summed E-state index contributed by atoms with van der Waals surface area (Å²) < 4.78 is 11.7. The van der Waals surface area contributed by atoms with Gasteiger partial charge in [-0.1, -0.05) is 6.07 Å². The maximum atomic E-state index is 13.2. The van der Waals surface area contributed by atoms with Crippen molar-refractivity contribution < 1.29 is 28.3 Å². The Morgan fingerprint density at radius 2 is 1.82 bits per heavy atom. The van der Waals surface area contributed by atoms with Gasteiger partial charge in [-0.25, -0.2) is 0 Å². The molecule has 2 atom stereocenters. The van der Waals surface area contributed by atoms with E-state index >= 15 is 0 Å². The standard InChI is InChI=1S/C31H34N2O6S/c1-38-30(37)27(31-12-17-9-18(13-31)11-19(10-17)14-31)24-7-5-20(39-24)16-40-25-4-2-3-21-22(25)15-33(29(21)36)23-6-8-26(34)32-28(23)35/h2-5,7,17-19,23,27H,6,8-16H2,1H3,(H,32,34,35). The maximum absolute atomic E-state index is 13.2. The van der Waals surface area contributed by atoms with Crippen molar-refractivity contribution in [1.82, 2.24) is 10.2 Å². The van der Waals surface area contributed by atoms with Crippen LogP contribution in [0.5, 0.6) is 0 Å². The van der Waals surface area contributed by atoms with Crippen molar-refractivity contribution in [3.05, 3.63) is 53.0 Å². The normalized spacial score (nSPS) is 31.3. The first-order valence-electron chi connectivity index (χ1n) is 14.4. The largest absolute Gasteiger partial charge is 0.468 e. The van der Waals surface area contributed by atoms with E-state index in [2.05, 4.69) is 5.32 Å². The van der Waals surface area contributed by atoms with E-state index in [1.54, 1.807) is 22.7 Å². The first-order chi connectivity index (χ1) is 19.3. The molecule has 9 heteroatoms. The van der Waals surface area contributed by atoms with Crippen molar-refractivity contribution in [3.63, 3.8) is 0 Å². The molecule has 0 spiro atoms. The lowest BCUT2D eigenvalue weighted by atomic mass is 9.46. The number of amides is 3. The highest BCUT2D eigenvalue weighted by atomic mass is 32.2.